The maximum absolute atomic E-state index is 13.7. The number of hydrogen-bond acceptors (Lipinski definition) is 1. The predicted molar refractivity (Wildman–Crippen MR) is 113 cm³/mol. The van der Waals surface area contributed by atoms with Crippen LogP contribution in [0.15, 0.2) is 97.1 Å². The maximum Gasteiger partial charge on any atom is 0.255 e. The SMILES string of the molecule is O=C(c1cccc2ccccc12)N1CCc2ccccc2C1c1ccccc1. The summed E-state index contributed by atoms with van der Waals surface area (Å²) < 4.78 is 0. The first-order chi connectivity index (χ1) is 13.8. The summed E-state index contributed by atoms with van der Waals surface area (Å²) in [6.45, 7) is 0.721. The van der Waals surface area contributed by atoms with Gasteiger partial charge in [0.1, 0.15) is 0 Å². The largest absolute Gasteiger partial charge is 0.327 e. The summed E-state index contributed by atoms with van der Waals surface area (Å²) in [5, 5.41) is 2.11. The van der Waals surface area contributed by atoms with Crippen LogP contribution in [0, 0.1) is 0 Å². The van der Waals surface area contributed by atoms with E-state index in [2.05, 4.69) is 48.5 Å². The molecule has 0 saturated heterocycles. The van der Waals surface area contributed by atoms with E-state index in [1.54, 1.807) is 0 Å². The van der Waals surface area contributed by atoms with Gasteiger partial charge in [-0.3, -0.25) is 4.79 Å². The number of rotatable bonds is 2. The van der Waals surface area contributed by atoms with E-state index in [4.69, 9.17) is 0 Å². The molecule has 136 valence electrons. The molecule has 28 heavy (non-hydrogen) atoms. The van der Waals surface area contributed by atoms with Crippen LogP contribution in [0.25, 0.3) is 10.8 Å². The smallest absolute Gasteiger partial charge is 0.255 e. The van der Waals surface area contributed by atoms with Gasteiger partial charge in [0.25, 0.3) is 5.91 Å². The van der Waals surface area contributed by atoms with Crippen molar-refractivity contribution in [2.75, 3.05) is 6.54 Å². The van der Waals surface area contributed by atoms with Crippen molar-refractivity contribution in [1.29, 1.82) is 0 Å². The molecular weight excluding hydrogens is 342 g/mol. The third kappa shape index (κ3) is 2.78. The van der Waals surface area contributed by atoms with Crippen molar-refractivity contribution in [2.24, 2.45) is 0 Å². The molecule has 1 aliphatic heterocycles. The minimum Gasteiger partial charge on any atom is -0.327 e. The minimum atomic E-state index is -0.0578. The van der Waals surface area contributed by atoms with Gasteiger partial charge in [-0.05, 0) is 39.9 Å². The minimum absolute atomic E-state index is 0.0578. The van der Waals surface area contributed by atoms with Crippen LogP contribution in [-0.2, 0) is 6.42 Å². The van der Waals surface area contributed by atoms with Gasteiger partial charge < -0.3 is 4.90 Å². The van der Waals surface area contributed by atoms with Gasteiger partial charge in [0.15, 0.2) is 0 Å². The number of carbonyl (C=O) groups is 1. The topological polar surface area (TPSA) is 20.3 Å². The van der Waals surface area contributed by atoms with Crippen LogP contribution in [0.4, 0.5) is 0 Å². The lowest BCUT2D eigenvalue weighted by molar-refractivity contribution is 0.0696. The van der Waals surface area contributed by atoms with E-state index in [-0.39, 0.29) is 11.9 Å². The third-order valence-corrected chi connectivity index (χ3v) is 5.68. The average molecular weight is 363 g/mol. The summed E-state index contributed by atoms with van der Waals surface area (Å²) in [7, 11) is 0. The fourth-order valence-electron chi connectivity index (χ4n) is 4.35. The first kappa shape index (κ1) is 16.8. The molecule has 5 rings (SSSR count). The zero-order valence-corrected chi connectivity index (χ0v) is 15.6. The van der Waals surface area contributed by atoms with E-state index in [1.165, 1.54) is 11.1 Å². The van der Waals surface area contributed by atoms with Crippen LogP contribution in [0.2, 0.25) is 0 Å². The molecule has 0 aromatic heterocycles. The van der Waals surface area contributed by atoms with Crippen LogP contribution < -0.4 is 0 Å². The van der Waals surface area contributed by atoms with Crippen LogP contribution in [0.5, 0.6) is 0 Å². The van der Waals surface area contributed by atoms with Crippen molar-refractivity contribution in [2.45, 2.75) is 12.5 Å². The molecule has 2 heteroatoms. The average Bonchev–Trinajstić information content (AvgIpc) is 2.78. The van der Waals surface area contributed by atoms with Crippen molar-refractivity contribution >= 4 is 16.7 Å². The van der Waals surface area contributed by atoms with Crippen molar-refractivity contribution < 1.29 is 4.79 Å². The summed E-state index contributed by atoms with van der Waals surface area (Å²) in [6, 6.07) is 32.9. The number of nitrogens with zero attached hydrogens (tertiary/aromatic N) is 1. The monoisotopic (exact) mass is 363 g/mol. The normalized spacial score (nSPS) is 16.0. The lowest BCUT2D eigenvalue weighted by Crippen LogP contribution is -2.40. The molecule has 0 bridgehead atoms. The van der Waals surface area contributed by atoms with Crippen molar-refractivity contribution in [3.05, 3.63) is 119 Å². The molecule has 0 fully saturated rings. The third-order valence-electron chi connectivity index (χ3n) is 5.68. The van der Waals surface area contributed by atoms with Gasteiger partial charge in [0.05, 0.1) is 6.04 Å². The molecule has 1 atom stereocenters. The highest BCUT2D eigenvalue weighted by Crippen LogP contribution is 2.36. The summed E-state index contributed by atoms with van der Waals surface area (Å²) in [5.74, 6) is 0.0974. The molecular formula is C26H21NO. The Hall–Kier alpha value is -3.39. The second-order valence-electron chi connectivity index (χ2n) is 7.29. The van der Waals surface area contributed by atoms with E-state index in [0.717, 1.165) is 34.9 Å². The van der Waals surface area contributed by atoms with Crippen LogP contribution >= 0.6 is 0 Å². The number of amides is 1. The molecule has 0 saturated carbocycles. The predicted octanol–water partition coefficient (Wildman–Crippen LogP) is 5.63. The zero-order valence-electron chi connectivity index (χ0n) is 15.6. The van der Waals surface area contributed by atoms with E-state index < -0.39 is 0 Å². The Morgan fingerprint density at radius 1 is 0.750 bits per heavy atom. The van der Waals surface area contributed by atoms with Crippen molar-refractivity contribution in [3.63, 3.8) is 0 Å². The molecule has 4 aromatic rings. The fraction of sp³-hybridized carbons (Fsp3) is 0.115. The first-order valence-corrected chi connectivity index (χ1v) is 9.74. The van der Waals surface area contributed by atoms with Crippen molar-refractivity contribution in [1.82, 2.24) is 4.90 Å². The highest BCUT2D eigenvalue weighted by Gasteiger charge is 2.32. The lowest BCUT2D eigenvalue weighted by atomic mass is 9.87. The van der Waals surface area contributed by atoms with Gasteiger partial charge in [-0.15, -0.1) is 0 Å². The zero-order chi connectivity index (χ0) is 18.9. The maximum atomic E-state index is 13.7. The first-order valence-electron chi connectivity index (χ1n) is 9.74. The van der Waals surface area contributed by atoms with Crippen molar-refractivity contribution in [3.8, 4) is 0 Å². The molecule has 0 N–H and O–H groups in total. The van der Waals surface area contributed by atoms with Gasteiger partial charge in [-0.25, -0.2) is 0 Å². The quantitative estimate of drug-likeness (QED) is 0.452. The Morgan fingerprint density at radius 3 is 2.36 bits per heavy atom. The van der Waals surface area contributed by atoms with Gasteiger partial charge in [0, 0.05) is 12.1 Å². The molecule has 2 nitrogen and oxygen atoms in total. The van der Waals surface area contributed by atoms with E-state index in [9.17, 15) is 4.79 Å². The number of carbonyl (C=O) groups excluding carboxylic acids is 1. The molecule has 4 aromatic carbocycles. The van der Waals surface area contributed by atoms with Gasteiger partial charge >= 0.3 is 0 Å². The van der Waals surface area contributed by atoms with Crippen LogP contribution in [0.1, 0.15) is 33.1 Å². The molecule has 1 amide bonds. The van der Waals surface area contributed by atoms with Gasteiger partial charge in [-0.2, -0.15) is 0 Å². The molecule has 1 unspecified atom stereocenters. The lowest BCUT2D eigenvalue weighted by Gasteiger charge is -2.38. The Bertz CT molecular complexity index is 1140. The number of benzene rings is 4. The number of hydrogen-bond donors (Lipinski definition) is 0. The molecule has 1 heterocycles. The second kappa shape index (κ2) is 6.97. The second-order valence-corrected chi connectivity index (χ2v) is 7.29. The van der Waals surface area contributed by atoms with Gasteiger partial charge in [0.2, 0.25) is 0 Å². The van der Waals surface area contributed by atoms with Gasteiger partial charge in [-0.1, -0.05) is 91.0 Å². The standard InChI is InChI=1S/C26H21NO/c28-26(24-16-8-13-19-9-4-6-14-22(19)24)27-18-17-20-10-5-7-15-23(20)25(27)21-11-2-1-3-12-21/h1-16,25H,17-18H2. The summed E-state index contributed by atoms with van der Waals surface area (Å²) in [5.41, 5.74) is 4.49. The van der Waals surface area contributed by atoms with E-state index in [0.29, 0.717) is 0 Å². The Balaban J connectivity index is 1.65. The summed E-state index contributed by atoms with van der Waals surface area (Å²) >= 11 is 0. The van der Waals surface area contributed by atoms with E-state index in [1.807, 2.05) is 53.4 Å². The Morgan fingerprint density at radius 2 is 1.46 bits per heavy atom. The number of fused-ring (bicyclic) bond motifs is 2. The molecule has 0 spiro atoms. The molecule has 0 aliphatic carbocycles. The van der Waals surface area contributed by atoms with Crippen LogP contribution in [-0.4, -0.2) is 17.4 Å². The van der Waals surface area contributed by atoms with Crippen LogP contribution in [0.3, 0.4) is 0 Å². The highest BCUT2D eigenvalue weighted by molar-refractivity contribution is 6.07. The Kier molecular flexibility index (Phi) is 4.17. The molecule has 0 radical (unpaired) electrons. The van der Waals surface area contributed by atoms with E-state index >= 15 is 0 Å². The highest BCUT2D eigenvalue weighted by atomic mass is 16.2. The summed E-state index contributed by atoms with van der Waals surface area (Å²) in [4.78, 5) is 15.8. The summed E-state index contributed by atoms with van der Waals surface area (Å²) in [6.07, 6.45) is 0.885. The fourth-order valence-corrected chi connectivity index (χ4v) is 4.35. The molecule has 1 aliphatic rings. The Labute approximate surface area is 165 Å².